The van der Waals surface area contributed by atoms with Gasteiger partial charge in [0.2, 0.25) is 11.8 Å². The zero-order valence-electron chi connectivity index (χ0n) is 26.0. The average Bonchev–Trinajstić information content (AvgIpc) is 3.04. The normalized spacial score (nSPS) is 14.4. The summed E-state index contributed by atoms with van der Waals surface area (Å²) in [6, 6.07) is 19.9. The predicted octanol–water partition coefficient (Wildman–Crippen LogP) is 5.46. The third kappa shape index (κ3) is 7.91. The molecule has 10 heteroatoms. The molecule has 9 nitrogen and oxygen atoms in total. The average molecular weight is 622 g/mol. The Morgan fingerprint density at radius 1 is 0.932 bits per heavy atom. The highest BCUT2D eigenvalue weighted by atomic mass is 32.2. The van der Waals surface area contributed by atoms with E-state index >= 15 is 0 Å². The molecule has 0 aliphatic heterocycles. The van der Waals surface area contributed by atoms with E-state index in [-0.39, 0.29) is 34.8 Å². The number of nitrogens with one attached hydrogen (secondary N) is 1. The van der Waals surface area contributed by atoms with Gasteiger partial charge < -0.3 is 19.7 Å². The molecule has 0 spiro atoms. The van der Waals surface area contributed by atoms with Gasteiger partial charge in [-0.15, -0.1) is 0 Å². The van der Waals surface area contributed by atoms with Gasteiger partial charge in [-0.05, 0) is 56.0 Å². The Labute approximate surface area is 261 Å². The fourth-order valence-corrected chi connectivity index (χ4v) is 7.00. The van der Waals surface area contributed by atoms with E-state index in [9.17, 15) is 18.0 Å². The number of anilines is 1. The van der Waals surface area contributed by atoms with Crippen LogP contribution in [0.25, 0.3) is 0 Å². The third-order valence-electron chi connectivity index (χ3n) is 8.08. The summed E-state index contributed by atoms with van der Waals surface area (Å²) in [7, 11) is -1.34. The van der Waals surface area contributed by atoms with E-state index < -0.39 is 28.5 Å². The van der Waals surface area contributed by atoms with Gasteiger partial charge in [-0.3, -0.25) is 13.9 Å². The monoisotopic (exact) mass is 621 g/mol. The van der Waals surface area contributed by atoms with Crippen LogP contribution in [0.2, 0.25) is 0 Å². The summed E-state index contributed by atoms with van der Waals surface area (Å²) >= 11 is 0. The molecule has 236 valence electrons. The maximum Gasteiger partial charge on any atom is 0.264 e. The fourth-order valence-electron chi connectivity index (χ4n) is 5.59. The lowest BCUT2D eigenvalue weighted by Crippen LogP contribution is -2.54. The van der Waals surface area contributed by atoms with Crippen LogP contribution < -0.4 is 19.1 Å². The largest absolute Gasteiger partial charge is 0.497 e. The van der Waals surface area contributed by atoms with E-state index in [1.807, 2.05) is 44.2 Å². The molecule has 1 aliphatic carbocycles. The number of rotatable bonds is 13. The molecule has 44 heavy (non-hydrogen) atoms. The van der Waals surface area contributed by atoms with E-state index in [0.29, 0.717) is 12.2 Å². The molecule has 0 radical (unpaired) electrons. The number of methoxy groups -OCH3 is 2. The molecule has 1 N–H and O–H groups in total. The molecular formula is C34H43N3O6S. The highest BCUT2D eigenvalue weighted by Crippen LogP contribution is 2.36. The standard InChI is InChI=1S/C34H43N3O6S/c1-5-30(34(39)35-27-14-10-7-11-15-27)36(23-26-12-8-6-9-13-26)33(38)24-37(31-22-28(42-3)18-21-32(31)43-4)44(40,41)29-19-16-25(2)17-20-29/h6,8-9,12-13,16-22,27,30H,5,7,10-11,14-15,23-24H2,1-4H3,(H,35,39)/t30-/m1/s1. The molecule has 0 aromatic heterocycles. The zero-order valence-corrected chi connectivity index (χ0v) is 26.8. The van der Waals surface area contributed by atoms with Gasteiger partial charge in [0, 0.05) is 18.7 Å². The first-order valence-electron chi connectivity index (χ1n) is 15.1. The van der Waals surface area contributed by atoms with Crippen LogP contribution in [0.5, 0.6) is 11.5 Å². The maximum atomic E-state index is 14.4. The molecule has 0 bridgehead atoms. The Morgan fingerprint density at radius 3 is 2.23 bits per heavy atom. The minimum atomic E-state index is -4.26. The van der Waals surface area contributed by atoms with E-state index in [0.717, 1.165) is 47.5 Å². The zero-order chi connectivity index (χ0) is 31.7. The second-order valence-corrected chi connectivity index (χ2v) is 13.0. The molecule has 2 amide bonds. The van der Waals surface area contributed by atoms with E-state index in [2.05, 4.69) is 5.32 Å². The first kappa shape index (κ1) is 32.9. The number of hydrogen-bond donors (Lipinski definition) is 1. The number of hydrogen-bond acceptors (Lipinski definition) is 6. The minimum absolute atomic E-state index is 0.0254. The highest BCUT2D eigenvalue weighted by Gasteiger charge is 2.35. The summed E-state index contributed by atoms with van der Waals surface area (Å²) in [5, 5.41) is 3.17. The summed E-state index contributed by atoms with van der Waals surface area (Å²) in [4.78, 5) is 29.6. The summed E-state index contributed by atoms with van der Waals surface area (Å²) in [5.41, 5.74) is 1.88. The lowest BCUT2D eigenvalue weighted by atomic mass is 9.95. The molecule has 1 fully saturated rings. The highest BCUT2D eigenvalue weighted by molar-refractivity contribution is 7.92. The van der Waals surface area contributed by atoms with Crippen molar-refractivity contribution >= 4 is 27.5 Å². The number of benzene rings is 3. The quantitative estimate of drug-likeness (QED) is 0.272. The van der Waals surface area contributed by atoms with Crippen LogP contribution in [0.15, 0.2) is 77.7 Å². The summed E-state index contributed by atoms with van der Waals surface area (Å²) in [6.07, 6.45) is 5.46. The molecule has 4 rings (SSSR count). The first-order valence-corrected chi connectivity index (χ1v) is 16.6. The van der Waals surface area contributed by atoms with Gasteiger partial charge in [0.05, 0.1) is 24.8 Å². The van der Waals surface area contributed by atoms with Crippen molar-refractivity contribution in [3.63, 3.8) is 0 Å². The first-order chi connectivity index (χ1) is 21.2. The van der Waals surface area contributed by atoms with Crippen LogP contribution in [0.3, 0.4) is 0 Å². The van der Waals surface area contributed by atoms with E-state index in [1.165, 1.54) is 37.3 Å². The SMILES string of the molecule is CC[C@H](C(=O)NC1CCCCC1)N(Cc1ccccc1)C(=O)CN(c1cc(OC)ccc1OC)S(=O)(=O)c1ccc(C)cc1. The molecule has 0 unspecified atom stereocenters. The molecule has 0 saturated heterocycles. The molecular weight excluding hydrogens is 578 g/mol. The molecule has 0 heterocycles. The molecule has 1 atom stereocenters. The van der Waals surface area contributed by atoms with Crippen LogP contribution in [-0.2, 0) is 26.2 Å². The molecule has 3 aromatic rings. The van der Waals surface area contributed by atoms with Crippen LogP contribution in [-0.4, -0.2) is 58.0 Å². The number of nitrogens with zero attached hydrogens (tertiary/aromatic N) is 2. The van der Waals surface area contributed by atoms with Gasteiger partial charge >= 0.3 is 0 Å². The van der Waals surface area contributed by atoms with Crippen molar-refractivity contribution in [1.29, 1.82) is 0 Å². The van der Waals surface area contributed by atoms with Crippen LogP contribution in [0, 0.1) is 6.92 Å². The Kier molecular flexibility index (Phi) is 11.3. The van der Waals surface area contributed by atoms with Crippen LogP contribution in [0.1, 0.15) is 56.6 Å². The topological polar surface area (TPSA) is 105 Å². The predicted molar refractivity (Wildman–Crippen MR) is 171 cm³/mol. The summed E-state index contributed by atoms with van der Waals surface area (Å²) in [6.45, 7) is 3.32. The molecule has 1 aliphatic rings. The maximum absolute atomic E-state index is 14.4. The number of amides is 2. The van der Waals surface area contributed by atoms with Crippen molar-refractivity contribution in [2.75, 3.05) is 25.1 Å². The van der Waals surface area contributed by atoms with Crippen LogP contribution in [0.4, 0.5) is 5.69 Å². The van der Waals surface area contributed by atoms with Crippen molar-refractivity contribution in [2.24, 2.45) is 0 Å². The van der Waals surface area contributed by atoms with Crippen molar-refractivity contribution < 1.29 is 27.5 Å². The number of aryl methyl sites for hydroxylation is 1. The Hall–Kier alpha value is -4.05. The van der Waals surface area contributed by atoms with Gasteiger partial charge in [0.1, 0.15) is 24.1 Å². The number of carbonyl (C=O) groups excluding carboxylic acids is 2. The number of ether oxygens (including phenoxy) is 2. The molecule has 3 aromatic carbocycles. The minimum Gasteiger partial charge on any atom is -0.497 e. The van der Waals surface area contributed by atoms with Gasteiger partial charge in [0.15, 0.2) is 0 Å². The van der Waals surface area contributed by atoms with Gasteiger partial charge in [-0.25, -0.2) is 8.42 Å². The van der Waals surface area contributed by atoms with Gasteiger partial charge in [0.25, 0.3) is 10.0 Å². The van der Waals surface area contributed by atoms with Crippen molar-refractivity contribution in [3.05, 3.63) is 83.9 Å². The lowest BCUT2D eigenvalue weighted by Gasteiger charge is -2.34. The van der Waals surface area contributed by atoms with Gasteiger partial charge in [-0.2, -0.15) is 0 Å². The fraction of sp³-hybridized carbons (Fsp3) is 0.412. The Morgan fingerprint density at radius 2 is 1.61 bits per heavy atom. The van der Waals surface area contributed by atoms with Crippen molar-refractivity contribution in [3.8, 4) is 11.5 Å². The second-order valence-electron chi connectivity index (χ2n) is 11.1. The smallest absolute Gasteiger partial charge is 0.264 e. The van der Waals surface area contributed by atoms with Gasteiger partial charge in [-0.1, -0.05) is 74.2 Å². The number of sulfonamides is 1. The summed E-state index contributed by atoms with van der Waals surface area (Å²) < 4.78 is 40.5. The van der Waals surface area contributed by atoms with Crippen molar-refractivity contribution in [1.82, 2.24) is 10.2 Å². The summed E-state index contributed by atoms with van der Waals surface area (Å²) in [5.74, 6) is -0.0848. The molecule has 1 saturated carbocycles. The Bertz CT molecular complexity index is 1510. The van der Waals surface area contributed by atoms with Crippen molar-refractivity contribution in [2.45, 2.75) is 75.9 Å². The third-order valence-corrected chi connectivity index (χ3v) is 9.85. The number of carbonyl (C=O) groups is 2. The van der Waals surface area contributed by atoms with E-state index in [1.54, 1.807) is 24.3 Å². The van der Waals surface area contributed by atoms with E-state index in [4.69, 9.17) is 9.47 Å². The van der Waals surface area contributed by atoms with Crippen LogP contribution >= 0.6 is 0 Å². The Balaban J connectivity index is 1.76. The lowest BCUT2D eigenvalue weighted by molar-refractivity contribution is -0.140. The second kappa shape index (κ2) is 15.1.